The molecule has 1 unspecified atom stereocenters. The number of carbonyl (C=O) groups is 1. The molecule has 0 saturated carbocycles. The van der Waals surface area contributed by atoms with Gasteiger partial charge in [-0.1, -0.05) is 6.92 Å². The van der Waals surface area contributed by atoms with Crippen molar-refractivity contribution in [1.29, 1.82) is 0 Å². The van der Waals surface area contributed by atoms with Crippen molar-refractivity contribution >= 4 is 17.2 Å². The van der Waals surface area contributed by atoms with E-state index in [0.29, 0.717) is 13.2 Å². The molecule has 1 aromatic rings. The average molecular weight is 309 g/mol. The molecule has 0 aliphatic carbocycles. The highest BCUT2D eigenvalue weighted by Gasteiger charge is 2.37. The third-order valence-corrected chi connectivity index (χ3v) is 5.46. The fourth-order valence-corrected chi connectivity index (χ4v) is 4.28. The molecule has 2 fully saturated rings. The lowest BCUT2D eigenvalue weighted by atomic mass is 10.0. The molecular formula is C16H23NO3S. The lowest BCUT2D eigenvalue weighted by molar-refractivity contribution is -0.100. The predicted molar refractivity (Wildman–Crippen MR) is 82.8 cm³/mol. The number of hydrogen-bond donors (Lipinski definition) is 0. The number of rotatable bonds is 3. The van der Waals surface area contributed by atoms with Gasteiger partial charge in [0.15, 0.2) is 6.29 Å². The number of likely N-dealkylation sites (tertiary alicyclic amines) is 1. The van der Waals surface area contributed by atoms with E-state index in [-0.39, 0.29) is 18.2 Å². The zero-order valence-corrected chi connectivity index (χ0v) is 13.6. The van der Waals surface area contributed by atoms with Crippen LogP contribution in [0.4, 0.5) is 0 Å². The van der Waals surface area contributed by atoms with Gasteiger partial charge in [0.05, 0.1) is 24.1 Å². The molecule has 0 radical (unpaired) electrons. The number of carbonyl (C=O) groups excluding carboxylic acids is 1. The van der Waals surface area contributed by atoms with Crippen LogP contribution in [0.5, 0.6) is 0 Å². The normalized spacial score (nSPS) is 23.7. The molecule has 4 nitrogen and oxygen atoms in total. The fourth-order valence-electron chi connectivity index (χ4n) is 3.21. The van der Waals surface area contributed by atoms with Gasteiger partial charge in [0.2, 0.25) is 0 Å². The zero-order chi connectivity index (χ0) is 14.8. The van der Waals surface area contributed by atoms with Gasteiger partial charge in [-0.25, -0.2) is 0 Å². The van der Waals surface area contributed by atoms with Crippen LogP contribution >= 0.6 is 11.3 Å². The number of nitrogens with zero attached hydrogens (tertiary/aromatic N) is 1. The first-order valence-corrected chi connectivity index (χ1v) is 8.66. The Labute approximate surface area is 130 Å². The van der Waals surface area contributed by atoms with Crippen LogP contribution < -0.4 is 0 Å². The topological polar surface area (TPSA) is 38.8 Å². The van der Waals surface area contributed by atoms with Crippen LogP contribution in [0.1, 0.15) is 46.3 Å². The van der Waals surface area contributed by atoms with Crippen molar-refractivity contribution in [1.82, 2.24) is 4.90 Å². The molecule has 116 valence electrons. The lowest BCUT2D eigenvalue weighted by Gasteiger charge is -2.37. The summed E-state index contributed by atoms with van der Waals surface area (Å²) in [6, 6.07) is 2.13. The van der Waals surface area contributed by atoms with Gasteiger partial charge >= 0.3 is 0 Å². The van der Waals surface area contributed by atoms with Crippen LogP contribution in [0, 0.1) is 6.92 Å². The monoisotopic (exact) mass is 309 g/mol. The largest absolute Gasteiger partial charge is 0.348 e. The first-order valence-electron chi connectivity index (χ1n) is 7.84. The summed E-state index contributed by atoms with van der Waals surface area (Å²) >= 11 is 1.61. The summed E-state index contributed by atoms with van der Waals surface area (Å²) in [5, 5.41) is 0. The highest BCUT2D eigenvalue weighted by atomic mass is 32.1. The standard InChI is InChI=1S/C16H23NO3S/c1-3-12-10-14(21-11(12)2)15(18)17-7-5-4-6-13(17)16-19-8-9-20-16/h10,13,16H,3-9H2,1-2H3. The first-order chi connectivity index (χ1) is 10.2. The van der Waals surface area contributed by atoms with Crippen LogP contribution in [0.3, 0.4) is 0 Å². The molecule has 2 aliphatic heterocycles. The maximum atomic E-state index is 12.9. The third kappa shape index (κ3) is 3.00. The van der Waals surface area contributed by atoms with E-state index in [1.807, 2.05) is 4.90 Å². The van der Waals surface area contributed by atoms with Crippen LogP contribution in [0.15, 0.2) is 6.07 Å². The minimum Gasteiger partial charge on any atom is -0.348 e. The van der Waals surface area contributed by atoms with Gasteiger partial charge in [-0.05, 0) is 44.2 Å². The Morgan fingerprint density at radius 2 is 2.14 bits per heavy atom. The molecule has 21 heavy (non-hydrogen) atoms. The van der Waals surface area contributed by atoms with E-state index in [9.17, 15) is 4.79 Å². The molecule has 0 aromatic carbocycles. The quantitative estimate of drug-likeness (QED) is 0.861. The molecule has 3 rings (SSSR count). The first kappa shape index (κ1) is 15.0. The number of aryl methyl sites for hydroxylation is 2. The molecule has 2 aliphatic rings. The van der Waals surface area contributed by atoms with E-state index in [1.165, 1.54) is 10.4 Å². The van der Waals surface area contributed by atoms with E-state index in [1.54, 1.807) is 11.3 Å². The van der Waals surface area contributed by atoms with Crippen molar-refractivity contribution in [3.05, 3.63) is 21.4 Å². The molecule has 0 bridgehead atoms. The molecule has 5 heteroatoms. The van der Waals surface area contributed by atoms with Crippen LogP contribution in [0.2, 0.25) is 0 Å². The van der Waals surface area contributed by atoms with Crippen molar-refractivity contribution in [3.8, 4) is 0 Å². The number of amides is 1. The number of piperidine rings is 1. The Kier molecular flexibility index (Phi) is 4.62. The summed E-state index contributed by atoms with van der Waals surface area (Å²) in [6.07, 6.45) is 3.93. The number of thiophene rings is 1. The average Bonchev–Trinajstić information content (AvgIpc) is 3.15. The molecule has 3 heterocycles. The van der Waals surface area contributed by atoms with Gasteiger partial charge in [-0.3, -0.25) is 4.79 Å². The summed E-state index contributed by atoms with van der Waals surface area (Å²) in [5.41, 5.74) is 1.28. The minimum absolute atomic E-state index is 0.0706. The van der Waals surface area contributed by atoms with Gasteiger partial charge in [-0.2, -0.15) is 0 Å². The van der Waals surface area contributed by atoms with Gasteiger partial charge in [0.1, 0.15) is 0 Å². The Morgan fingerprint density at radius 3 is 2.81 bits per heavy atom. The lowest BCUT2D eigenvalue weighted by Crippen LogP contribution is -2.50. The SMILES string of the molecule is CCc1cc(C(=O)N2CCCCC2C2OCCO2)sc1C. The smallest absolute Gasteiger partial charge is 0.264 e. The van der Waals surface area contributed by atoms with Crippen molar-refractivity contribution in [2.45, 2.75) is 51.9 Å². The summed E-state index contributed by atoms with van der Waals surface area (Å²) in [5.74, 6) is 0.145. The third-order valence-electron chi connectivity index (χ3n) is 4.38. The van der Waals surface area contributed by atoms with Gasteiger partial charge < -0.3 is 14.4 Å². The molecule has 1 amide bonds. The van der Waals surface area contributed by atoms with E-state index in [4.69, 9.17) is 9.47 Å². The van der Waals surface area contributed by atoms with Crippen molar-refractivity contribution < 1.29 is 14.3 Å². The minimum atomic E-state index is -0.235. The Balaban J connectivity index is 1.79. The van der Waals surface area contributed by atoms with Crippen molar-refractivity contribution in [2.24, 2.45) is 0 Å². The van der Waals surface area contributed by atoms with E-state index < -0.39 is 0 Å². The van der Waals surface area contributed by atoms with Gasteiger partial charge in [-0.15, -0.1) is 11.3 Å². The fraction of sp³-hybridized carbons (Fsp3) is 0.688. The Morgan fingerprint density at radius 1 is 1.38 bits per heavy atom. The van der Waals surface area contributed by atoms with Crippen LogP contribution in [-0.2, 0) is 15.9 Å². The maximum Gasteiger partial charge on any atom is 0.264 e. The second kappa shape index (κ2) is 6.46. The second-order valence-corrected chi connectivity index (χ2v) is 6.97. The van der Waals surface area contributed by atoms with Gasteiger partial charge in [0.25, 0.3) is 5.91 Å². The van der Waals surface area contributed by atoms with Crippen molar-refractivity contribution in [3.63, 3.8) is 0 Å². The van der Waals surface area contributed by atoms with Crippen molar-refractivity contribution in [2.75, 3.05) is 19.8 Å². The number of hydrogen-bond acceptors (Lipinski definition) is 4. The summed E-state index contributed by atoms with van der Waals surface area (Å²) in [4.78, 5) is 17.0. The molecule has 1 aromatic heterocycles. The van der Waals surface area contributed by atoms with E-state index in [0.717, 1.165) is 37.1 Å². The molecule has 0 N–H and O–H groups in total. The summed E-state index contributed by atoms with van der Waals surface area (Å²) < 4.78 is 11.3. The molecule has 0 spiro atoms. The van der Waals surface area contributed by atoms with E-state index >= 15 is 0 Å². The molecular weight excluding hydrogens is 286 g/mol. The predicted octanol–water partition coefficient (Wildman–Crippen LogP) is 2.99. The zero-order valence-electron chi connectivity index (χ0n) is 12.8. The summed E-state index contributed by atoms with van der Waals surface area (Å²) in [7, 11) is 0. The van der Waals surface area contributed by atoms with Crippen LogP contribution in [-0.4, -0.2) is 42.9 Å². The Bertz CT molecular complexity index is 508. The second-order valence-electron chi connectivity index (χ2n) is 5.72. The van der Waals surface area contributed by atoms with E-state index in [2.05, 4.69) is 19.9 Å². The molecule has 1 atom stereocenters. The highest BCUT2D eigenvalue weighted by molar-refractivity contribution is 7.14. The molecule has 2 saturated heterocycles. The summed E-state index contributed by atoms with van der Waals surface area (Å²) in [6.45, 7) is 6.32. The number of ether oxygens (including phenoxy) is 2. The van der Waals surface area contributed by atoms with Gasteiger partial charge in [0, 0.05) is 11.4 Å². The highest BCUT2D eigenvalue weighted by Crippen LogP contribution is 2.29. The Hall–Kier alpha value is -0.910. The maximum absolute atomic E-state index is 12.9. The van der Waals surface area contributed by atoms with Crippen LogP contribution in [0.25, 0.3) is 0 Å².